The predicted octanol–water partition coefficient (Wildman–Crippen LogP) is 4.70. The quantitative estimate of drug-likeness (QED) is 0.136. The molecule has 0 radical (unpaired) electrons. The maximum atomic E-state index is 13.3. The number of unbranched alkanes of at least 4 members (excludes halogenated alkanes) is 3. The Morgan fingerprint density at radius 2 is 1.62 bits per heavy atom. The topological polar surface area (TPSA) is 185 Å². The lowest BCUT2D eigenvalue weighted by Crippen LogP contribution is -2.54. The van der Waals surface area contributed by atoms with Crippen molar-refractivity contribution in [3.05, 3.63) is 97.4 Å². The fraction of sp³-hybridized carbons (Fsp3) is 0.359. The zero-order valence-electron chi connectivity index (χ0n) is 30.5. The summed E-state index contributed by atoms with van der Waals surface area (Å²) in [5, 5.41) is 18.5. The van der Waals surface area contributed by atoms with E-state index in [4.69, 9.17) is 16.6 Å². The molecule has 16 heteroatoms. The van der Waals surface area contributed by atoms with E-state index < -0.39 is 35.7 Å². The summed E-state index contributed by atoms with van der Waals surface area (Å²) in [5.41, 5.74) is 4.21. The summed E-state index contributed by atoms with van der Waals surface area (Å²) < 4.78 is 2.02. The third kappa shape index (κ3) is 7.45. The zero-order chi connectivity index (χ0) is 39.0. The summed E-state index contributed by atoms with van der Waals surface area (Å²) in [7, 11) is 0. The molecule has 5 heterocycles. The standard InChI is InChI=1S/C39H39ClN8O6S/c1-20-21(2)55-39-32(20)33(23-8-11-25(40)12-9-23)43-28(34-46-45-22(3)47(34)39)19-31(50)41-16-6-4-5-7-17-42-35(51)24-10-13-26-27(18-24)38(54)48(37(26)53)29-14-15-30(49)44-36(29)52/h8-13,18,28-29H,4-7,14-17,19H2,1-3H3,(H,41,50)(H,42,51)(H,44,49,52)/t28-,29?/m0/s1. The monoisotopic (exact) mass is 782 g/mol. The molecule has 1 fully saturated rings. The molecule has 55 heavy (non-hydrogen) atoms. The van der Waals surface area contributed by atoms with Crippen LogP contribution in [0.5, 0.6) is 0 Å². The summed E-state index contributed by atoms with van der Waals surface area (Å²) >= 11 is 7.87. The van der Waals surface area contributed by atoms with E-state index in [9.17, 15) is 28.8 Å². The number of aryl methyl sites for hydroxylation is 2. The Morgan fingerprint density at radius 1 is 0.909 bits per heavy atom. The number of nitrogens with one attached hydrogen (secondary N) is 3. The molecule has 2 atom stereocenters. The van der Waals surface area contributed by atoms with Crippen LogP contribution in [0.3, 0.4) is 0 Å². The number of hydrogen-bond acceptors (Lipinski definition) is 10. The normalized spacial score (nSPS) is 17.6. The van der Waals surface area contributed by atoms with Crippen molar-refractivity contribution in [3.8, 4) is 5.00 Å². The van der Waals surface area contributed by atoms with Crippen molar-refractivity contribution in [2.45, 2.75) is 77.8 Å². The second kappa shape index (κ2) is 15.7. The van der Waals surface area contributed by atoms with Gasteiger partial charge in [-0.3, -0.25) is 48.5 Å². The van der Waals surface area contributed by atoms with Gasteiger partial charge in [-0.25, -0.2) is 0 Å². The molecule has 2 aromatic carbocycles. The Hall–Kier alpha value is -5.54. The molecule has 3 aliphatic rings. The summed E-state index contributed by atoms with van der Waals surface area (Å²) in [4.78, 5) is 83.2. The number of aromatic nitrogens is 3. The molecule has 2 aromatic heterocycles. The van der Waals surface area contributed by atoms with Gasteiger partial charge in [-0.1, -0.05) is 36.6 Å². The van der Waals surface area contributed by atoms with Crippen LogP contribution in [0.1, 0.15) is 115 Å². The van der Waals surface area contributed by atoms with Gasteiger partial charge in [0.05, 0.1) is 23.3 Å². The van der Waals surface area contributed by atoms with E-state index in [0.717, 1.165) is 57.4 Å². The van der Waals surface area contributed by atoms with Crippen LogP contribution < -0.4 is 16.0 Å². The van der Waals surface area contributed by atoms with Gasteiger partial charge < -0.3 is 10.6 Å². The van der Waals surface area contributed by atoms with Crippen LogP contribution in [0.15, 0.2) is 47.5 Å². The second-order valence-corrected chi connectivity index (χ2v) is 15.5. The molecule has 1 unspecified atom stereocenters. The van der Waals surface area contributed by atoms with Gasteiger partial charge in [0.25, 0.3) is 17.7 Å². The molecule has 4 aromatic rings. The Kier molecular flexibility index (Phi) is 10.8. The van der Waals surface area contributed by atoms with Crippen molar-refractivity contribution in [2.24, 2.45) is 4.99 Å². The molecule has 14 nitrogen and oxygen atoms in total. The first-order chi connectivity index (χ1) is 26.4. The second-order valence-electron chi connectivity index (χ2n) is 13.8. The lowest BCUT2D eigenvalue weighted by Gasteiger charge is -2.27. The first kappa shape index (κ1) is 37.8. The Labute approximate surface area is 325 Å². The lowest BCUT2D eigenvalue weighted by molar-refractivity contribution is -0.136. The smallest absolute Gasteiger partial charge is 0.262 e. The Morgan fingerprint density at radius 3 is 2.35 bits per heavy atom. The molecule has 0 bridgehead atoms. The third-order valence-electron chi connectivity index (χ3n) is 10.1. The maximum absolute atomic E-state index is 13.3. The highest BCUT2D eigenvalue weighted by atomic mass is 35.5. The van der Waals surface area contributed by atoms with E-state index in [2.05, 4.69) is 40.0 Å². The number of aliphatic imine (C=N–C) groups is 1. The number of rotatable bonds is 12. The number of benzene rings is 2. The molecule has 0 spiro atoms. The van der Waals surface area contributed by atoms with Gasteiger partial charge in [0, 0.05) is 46.1 Å². The van der Waals surface area contributed by atoms with Gasteiger partial charge >= 0.3 is 0 Å². The number of halogens is 1. The summed E-state index contributed by atoms with van der Waals surface area (Å²) in [6.45, 7) is 6.96. The van der Waals surface area contributed by atoms with E-state index >= 15 is 0 Å². The number of nitrogens with zero attached hydrogens (tertiary/aromatic N) is 5. The minimum atomic E-state index is -1.07. The van der Waals surface area contributed by atoms with Crippen molar-refractivity contribution in [2.75, 3.05) is 13.1 Å². The van der Waals surface area contributed by atoms with Gasteiger partial charge in [0.15, 0.2) is 5.82 Å². The van der Waals surface area contributed by atoms with Crippen molar-refractivity contribution in [1.29, 1.82) is 0 Å². The molecule has 1 saturated heterocycles. The first-order valence-corrected chi connectivity index (χ1v) is 19.4. The molecule has 7 rings (SSSR count). The number of carbonyl (C=O) groups excluding carboxylic acids is 6. The zero-order valence-corrected chi connectivity index (χ0v) is 32.1. The van der Waals surface area contributed by atoms with Crippen LogP contribution in [0.4, 0.5) is 0 Å². The number of hydrogen-bond donors (Lipinski definition) is 3. The van der Waals surface area contributed by atoms with Gasteiger partial charge in [0.2, 0.25) is 17.7 Å². The summed E-state index contributed by atoms with van der Waals surface area (Å²) in [6, 6.07) is 10.2. The average Bonchev–Trinajstić information content (AvgIpc) is 3.73. The van der Waals surface area contributed by atoms with E-state index in [1.165, 1.54) is 23.1 Å². The highest BCUT2D eigenvalue weighted by Gasteiger charge is 2.45. The van der Waals surface area contributed by atoms with Crippen LogP contribution in [0, 0.1) is 20.8 Å². The van der Waals surface area contributed by atoms with Gasteiger partial charge in [0.1, 0.15) is 22.9 Å². The molecule has 6 amide bonds. The van der Waals surface area contributed by atoms with E-state index in [1.807, 2.05) is 35.8 Å². The third-order valence-corrected chi connectivity index (χ3v) is 11.6. The van der Waals surface area contributed by atoms with Crippen LogP contribution in [0.2, 0.25) is 5.02 Å². The van der Waals surface area contributed by atoms with Crippen LogP contribution in [-0.2, 0) is 14.4 Å². The SMILES string of the molecule is Cc1sc2c(c1C)C(c1ccc(Cl)cc1)=N[C@@H](CC(=O)NCCCCCCNC(=O)c1ccc3c(c1)C(=O)N(C1CCC(=O)NC1=O)C3=O)c1nnc(C)n1-2. The first-order valence-electron chi connectivity index (χ1n) is 18.2. The highest BCUT2D eigenvalue weighted by molar-refractivity contribution is 7.15. The molecular weight excluding hydrogens is 744 g/mol. The largest absolute Gasteiger partial charge is 0.356 e. The maximum Gasteiger partial charge on any atom is 0.262 e. The van der Waals surface area contributed by atoms with Crippen LogP contribution >= 0.6 is 22.9 Å². The number of amides is 6. The van der Waals surface area contributed by atoms with E-state index in [1.54, 1.807) is 11.3 Å². The highest BCUT2D eigenvalue weighted by Crippen LogP contribution is 2.39. The minimum Gasteiger partial charge on any atom is -0.356 e. The number of thiophene rings is 1. The number of piperidine rings is 1. The molecule has 0 saturated carbocycles. The number of imide groups is 2. The molecule has 3 N–H and O–H groups in total. The number of fused-ring (bicyclic) bond motifs is 4. The summed E-state index contributed by atoms with van der Waals surface area (Å²) in [6.07, 6.45) is 3.28. The Balaban J connectivity index is 0.886. The molecule has 0 aliphatic carbocycles. The van der Waals surface area contributed by atoms with Gasteiger partial charge in [-0.05, 0) is 75.9 Å². The number of carbonyl (C=O) groups is 6. The summed E-state index contributed by atoms with van der Waals surface area (Å²) in [5.74, 6) is -1.61. The van der Waals surface area contributed by atoms with Crippen molar-refractivity contribution in [1.82, 2.24) is 35.6 Å². The molecule has 284 valence electrons. The molecular formula is C39H39ClN8O6S. The van der Waals surface area contributed by atoms with Gasteiger partial charge in [-0.15, -0.1) is 21.5 Å². The van der Waals surface area contributed by atoms with E-state index in [0.29, 0.717) is 30.4 Å². The molecule has 3 aliphatic heterocycles. The van der Waals surface area contributed by atoms with Crippen molar-refractivity contribution < 1.29 is 28.8 Å². The minimum absolute atomic E-state index is 0.0251. The van der Waals surface area contributed by atoms with Gasteiger partial charge in [-0.2, -0.15) is 0 Å². The van der Waals surface area contributed by atoms with Crippen LogP contribution in [0.25, 0.3) is 5.00 Å². The van der Waals surface area contributed by atoms with Crippen LogP contribution in [-0.4, -0.2) is 80.0 Å². The fourth-order valence-electron chi connectivity index (χ4n) is 7.13. The predicted molar refractivity (Wildman–Crippen MR) is 205 cm³/mol. The fourth-order valence-corrected chi connectivity index (χ4v) is 8.47. The van der Waals surface area contributed by atoms with Crippen molar-refractivity contribution in [3.63, 3.8) is 0 Å². The lowest BCUT2D eigenvalue weighted by atomic mass is 9.99. The van der Waals surface area contributed by atoms with E-state index in [-0.39, 0.29) is 47.8 Å². The average molecular weight is 783 g/mol. The van der Waals surface area contributed by atoms with Crippen molar-refractivity contribution >= 4 is 64.1 Å². The Bertz CT molecular complexity index is 2280.